The van der Waals surface area contributed by atoms with Crippen LogP contribution in [0.3, 0.4) is 0 Å². The van der Waals surface area contributed by atoms with Gasteiger partial charge in [0.25, 0.3) is 5.91 Å². The molecule has 0 unspecified atom stereocenters. The van der Waals surface area contributed by atoms with Gasteiger partial charge >= 0.3 is 0 Å². The van der Waals surface area contributed by atoms with E-state index < -0.39 is 17.5 Å². The first-order chi connectivity index (χ1) is 17.0. The molecule has 2 amide bonds. The molecule has 1 aromatic rings. The summed E-state index contributed by atoms with van der Waals surface area (Å²) >= 11 is 1.61. The van der Waals surface area contributed by atoms with Crippen molar-refractivity contribution in [1.29, 1.82) is 0 Å². The van der Waals surface area contributed by atoms with Gasteiger partial charge in [-0.15, -0.1) is 0 Å². The average Bonchev–Trinajstić information content (AvgIpc) is 3.41. The van der Waals surface area contributed by atoms with Gasteiger partial charge in [-0.2, -0.15) is 11.8 Å². The molecule has 3 aliphatic heterocycles. The Balaban J connectivity index is 1.44. The van der Waals surface area contributed by atoms with Crippen LogP contribution in [-0.4, -0.2) is 102 Å². The Morgan fingerprint density at radius 2 is 1.72 bits per heavy atom. The van der Waals surface area contributed by atoms with Crippen molar-refractivity contribution >= 4 is 35.0 Å². The van der Waals surface area contributed by atoms with Crippen molar-refractivity contribution in [2.75, 3.05) is 50.5 Å². The summed E-state index contributed by atoms with van der Waals surface area (Å²) < 4.78 is 5.71. The standard InChI is InChI=1S/C27H40N4O4S/c1-17(2)29-11-13-30(14-12-29)19-9-7-18(8-10-19)25(33)28-24(27(3,4)5)26(34)31-15-21(36-6)23-22(31)20(32)16-35-23/h7-10,17,21-24H,11-16H2,1-6H3,(H,28,33)/t21-,22+,23+,24+/m0/s1. The molecule has 198 valence electrons. The molecule has 4 rings (SSSR count). The first-order valence-electron chi connectivity index (χ1n) is 12.9. The maximum absolute atomic E-state index is 13.7. The van der Waals surface area contributed by atoms with E-state index in [0.717, 1.165) is 31.9 Å². The summed E-state index contributed by atoms with van der Waals surface area (Å²) in [6.07, 6.45) is 1.70. The van der Waals surface area contributed by atoms with Crippen LogP contribution in [0.2, 0.25) is 0 Å². The molecular weight excluding hydrogens is 476 g/mol. The Morgan fingerprint density at radius 1 is 1.08 bits per heavy atom. The Hall–Kier alpha value is -2.10. The number of benzene rings is 1. The molecule has 1 aromatic carbocycles. The fourth-order valence-electron chi connectivity index (χ4n) is 5.40. The molecule has 1 N–H and O–H groups in total. The highest BCUT2D eigenvalue weighted by atomic mass is 32.2. The number of piperazine rings is 1. The fraction of sp³-hybridized carbons (Fsp3) is 0.667. The zero-order valence-corrected chi connectivity index (χ0v) is 23.1. The van der Waals surface area contributed by atoms with Gasteiger partial charge in [-0.1, -0.05) is 20.8 Å². The van der Waals surface area contributed by atoms with Crippen LogP contribution in [0, 0.1) is 5.41 Å². The molecule has 0 bridgehead atoms. The number of ether oxygens (including phenoxy) is 1. The van der Waals surface area contributed by atoms with Gasteiger partial charge in [0.05, 0.1) is 11.4 Å². The Morgan fingerprint density at radius 3 is 2.28 bits per heavy atom. The number of Topliss-reactive ketones (excluding diaryl/α,β-unsaturated/α-hetero) is 1. The smallest absolute Gasteiger partial charge is 0.251 e. The van der Waals surface area contributed by atoms with E-state index in [0.29, 0.717) is 18.2 Å². The van der Waals surface area contributed by atoms with Gasteiger partial charge in [0.15, 0.2) is 5.78 Å². The molecule has 3 saturated heterocycles. The number of hydrogen-bond acceptors (Lipinski definition) is 7. The van der Waals surface area contributed by atoms with Crippen LogP contribution in [0.1, 0.15) is 45.0 Å². The predicted molar refractivity (Wildman–Crippen MR) is 144 cm³/mol. The number of rotatable bonds is 6. The third-order valence-electron chi connectivity index (χ3n) is 7.65. The van der Waals surface area contributed by atoms with Crippen molar-refractivity contribution in [3.63, 3.8) is 0 Å². The summed E-state index contributed by atoms with van der Waals surface area (Å²) in [5, 5.41) is 3.04. The summed E-state index contributed by atoms with van der Waals surface area (Å²) in [5.41, 5.74) is 1.09. The second-order valence-corrected chi connectivity index (χ2v) is 12.5. The molecule has 9 heteroatoms. The lowest BCUT2D eigenvalue weighted by Gasteiger charge is -2.38. The molecule has 4 atom stereocenters. The highest BCUT2D eigenvalue weighted by Gasteiger charge is 2.53. The van der Waals surface area contributed by atoms with E-state index >= 15 is 0 Å². The summed E-state index contributed by atoms with van der Waals surface area (Å²) in [6, 6.07) is 6.85. The minimum absolute atomic E-state index is 0.0432. The van der Waals surface area contributed by atoms with Gasteiger partial charge < -0.3 is 19.9 Å². The minimum atomic E-state index is -0.761. The van der Waals surface area contributed by atoms with Crippen LogP contribution in [0.4, 0.5) is 5.69 Å². The zero-order chi connectivity index (χ0) is 26.2. The first kappa shape index (κ1) is 26.9. The number of likely N-dealkylation sites (tertiary alicyclic amines) is 1. The molecule has 0 saturated carbocycles. The third-order valence-corrected chi connectivity index (χ3v) is 8.67. The topological polar surface area (TPSA) is 82.2 Å². The van der Waals surface area contributed by atoms with E-state index in [9.17, 15) is 14.4 Å². The number of amides is 2. The van der Waals surface area contributed by atoms with Crippen molar-refractivity contribution in [2.24, 2.45) is 5.41 Å². The maximum Gasteiger partial charge on any atom is 0.251 e. The van der Waals surface area contributed by atoms with Gasteiger partial charge in [0.1, 0.15) is 18.7 Å². The van der Waals surface area contributed by atoms with Gasteiger partial charge in [-0.3, -0.25) is 19.3 Å². The second kappa shape index (κ2) is 10.7. The number of anilines is 1. The zero-order valence-electron chi connectivity index (χ0n) is 22.3. The number of fused-ring (bicyclic) bond motifs is 1. The van der Waals surface area contributed by atoms with Crippen molar-refractivity contribution in [3.8, 4) is 0 Å². The summed E-state index contributed by atoms with van der Waals surface area (Å²) in [5.74, 6) is -0.569. The number of carbonyl (C=O) groups is 3. The van der Waals surface area contributed by atoms with Crippen molar-refractivity contribution in [3.05, 3.63) is 29.8 Å². The second-order valence-electron chi connectivity index (χ2n) is 11.4. The number of nitrogens with one attached hydrogen (secondary N) is 1. The van der Waals surface area contributed by atoms with Crippen LogP contribution in [0.25, 0.3) is 0 Å². The highest BCUT2D eigenvalue weighted by Crippen LogP contribution is 2.35. The van der Waals surface area contributed by atoms with E-state index in [1.165, 1.54) is 0 Å². The number of nitrogens with zero attached hydrogens (tertiary/aromatic N) is 3. The maximum atomic E-state index is 13.7. The van der Waals surface area contributed by atoms with E-state index in [4.69, 9.17) is 4.74 Å². The van der Waals surface area contributed by atoms with Gasteiger partial charge in [0, 0.05) is 50.0 Å². The summed E-state index contributed by atoms with van der Waals surface area (Å²) in [6.45, 7) is 14.7. The number of hydrogen-bond donors (Lipinski definition) is 1. The SMILES string of the molecule is CS[C@H]1CN(C(=O)[C@@H](NC(=O)c2ccc(N3CCN(C(C)C)CC3)cc2)C(C)(C)C)[C@@H]2C(=O)CO[C@H]12. The lowest BCUT2D eigenvalue weighted by atomic mass is 9.85. The monoisotopic (exact) mass is 516 g/mol. The van der Waals surface area contributed by atoms with Crippen molar-refractivity contribution in [1.82, 2.24) is 15.1 Å². The number of ketones is 1. The average molecular weight is 517 g/mol. The molecule has 8 nitrogen and oxygen atoms in total. The molecule has 3 fully saturated rings. The first-order valence-corrected chi connectivity index (χ1v) is 14.2. The number of thioether (sulfide) groups is 1. The molecule has 36 heavy (non-hydrogen) atoms. The molecule has 3 aliphatic rings. The van der Waals surface area contributed by atoms with E-state index in [-0.39, 0.29) is 35.6 Å². The van der Waals surface area contributed by atoms with Crippen molar-refractivity contribution < 1.29 is 19.1 Å². The Labute approximate surface area is 219 Å². The fourth-order valence-corrected chi connectivity index (χ4v) is 6.20. The summed E-state index contributed by atoms with van der Waals surface area (Å²) in [7, 11) is 0. The Kier molecular flexibility index (Phi) is 8.02. The molecule has 0 radical (unpaired) electrons. The summed E-state index contributed by atoms with van der Waals surface area (Å²) in [4.78, 5) is 46.0. The largest absolute Gasteiger partial charge is 0.369 e. The molecule has 3 heterocycles. The van der Waals surface area contributed by atoms with E-state index in [2.05, 4.69) is 29.0 Å². The van der Waals surface area contributed by atoms with E-state index in [1.807, 2.05) is 51.3 Å². The van der Waals surface area contributed by atoms with Crippen LogP contribution in [0.5, 0.6) is 0 Å². The predicted octanol–water partition coefficient (Wildman–Crippen LogP) is 2.27. The van der Waals surface area contributed by atoms with Crippen LogP contribution in [0.15, 0.2) is 24.3 Å². The van der Waals surface area contributed by atoms with Crippen LogP contribution >= 0.6 is 11.8 Å². The lowest BCUT2D eigenvalue weighted by Crippen LogP contribution is -2.57. The quantitative estimate of drug-likeness (QED) is 0.621. The molecular formula is C27H40N4O4S. The Bertz CT molecular complexity index is 969. The third kappa shape index (κ3) is 5.43. The molecule has 0 aromatic heterocycles. The van der Waals surface area contributed by atoms with E-state index in [1.54, 1.807) is 16.7 Å². The van der Waals surface area contributed by atoms with Crippen LogP contribution in [-0.2, 0) is 14.3 Å². The molecule has 0 aliphatic carbocycles. The van der Waals surface area contributed by atoms with Crippen LogP contribution < -0.4 is 10.2 Å². The van der Waals surface area contributed by atoms with Crippen molar-refractivity contribution in [2.45, 2.75) is 64.1 Å². The van der Waals surface area contributed by atoms with Gasteiger partial charge in [0.2, 0.25) is 5.91 Å². The molecule has 0 spiro atoms. The van der Waals surface area contributed by atoms with Gasteiger partial charge in [-0.25, -0.2) is 0 Å². The lowest BCUT2D eigenvalue weighted by molar-refractivity contribution is -0.140. The van der Waals surface area contributed by atoms with Gasteiger partial charge in [-0.05, 0) is 49.8 Å². The number of carbonyl (C=O) groups excluding carboxylic acids is 3. The minimum Gasteiger partial charge on any atom is -0.369 e. The normalized spacial score (nSPS) is 25.9. The highest BCUT2D eigenvalue weighted by molar-refractivity contribution is 7.99.